The van der Waals surface area contributed by atoms with E-state index in [-0.39, 0.29) is 5.28 Å². The zero-order chi connectivity index (χ0) is 13.1. The van der Waals surface area contributed by atoms with Gasteiger partial charge in [0.1, 0.15) is 11.9 Å². The van der Waals surface area contributed by atoms with Crippen molar-refractivity contribution in [3.8, 4) is 6.07 Å². The van der Waals surface area contributed by atoms with Gasteiger partial charge >= 0.3 is 0 Å². The minimum absolute atomic E-state index is 0.112. The fourth-order valence-corrected chi connectivity index (χ4v) is 1.87. The highest BCUT2D eigenvalue weighted by Crippen LogP contribution is 2.27. The molecule has 0 saturated carbocycles. The van der Waals surface area contributed by atoms with Crippen molar-refractivity contribution >= 4 is 50.6 Å². The fourth-order valence-electron chi connectivity index (χ4n) is 1.28. The topological polar surface area (TPSA) is 61.6 Å². The molecule has 0 fully saturated rings. The number of aromatic nitrogens is 2. The van der Waals surface area contributed by atoms with E-state index in [1.807, 2.05) is 0 Å². The molecule has 2 aromatic rings. The molecule has 0 spiro atoms. The standard InChI is InChI=1S/C11H5BrCl2N4/c12-8-5-16-11(14)18-10(8)17-9-3-7(13)2-1-6(9)4-15/h1-3,5H,(H,16,17,18). The van der Waals surface area contributed by atoms with Gasteiger partial charge in [-0.2, -0.15) is 10.2 Å². The maximum absolute atomic E-state index is 9.01. The molecule has 1 N–H and O–H groups in total. The highest BCUT2D eigenvalue weighted by molar-refractivity contribution is 9.10. The van der Waals surface area contributed by atoms with E-state index in [4.69, 9.17) is 28.5 Å². The summed E-state index contributed by atoms with van der Waals surface area (Å²) in [4.78, 5) is 7.83. The van der Waals surface area contributed by atoms with Gasteiger partial charge in [-0.05, 0) is 45.7 Å². The van der Waals surface area contributed by atoms with Crippen molar-refractivity contribution in [2.24, 2.45) is 0 Å². The number of rotatable bonds is 2. The van der Waals surface area contributed by atoms with Gasteiger partial charge in [-0.1, -0.05) is 11.6 Å². The van der Waals surface area contributed by atoms with Crippen LogP contribution in [-0.4, -0.2) is 9.97 Å². The lowest BCUT2D eigenvalue weighted by Gasteiger charge is -2.09. The summed E-state index contributed by atoms with van der Waals surface area (Å²) in [7, 11) is 0. The number of halogens is 3. The molecule has 4 nitrogen and oxygen atoms in total. The molecule has 0 radical (unpaired) electrons. The third kappa shape index (κ3) is 2.91. The second-order valence-corrected chi connectivity index (χ2v) is 4.89. The van der Waals surface area contributed by atoms with Gasteiger partial charge in [0.15, 0.2) is 0 Å². The van der Waals surface area contributed by atoms with Crippen LogP contribution in [0.1, 0.15) is 5.56 Å². The molecule has 0 aliphatic heterocycles. The third-order valence-corrected chi connectivity index (χ3v) is 3.07. The monoisotopic (exact) mass is 342 g/mol. The Bertz CT molecular complexity index is 639. The zero-order valence-corrected chi connectivity index (χ0v) is 11.9. The summed E-state index contributed by atoms with van der Waals surface area (Å²) in [6.45, 7) is 0. The Morgan fingerprint density at radius 1 is 1.33 bits per heavy atom. The lowest BCUT2D eigenvalue weighted by molar-refractivity contribution is 1.15. The predicted molar refractivity (Wildman–Crippen MR) is 74.2 cm³/mol. The Morgan fingerprint density at radius 3 is 2.83 bits per heavy atom. The van der Waals surface area contributed by atoms with Gasteiger partial charge in [0, 0.05) is 11.2 Å². The molecule has 0 amide bonds. The van der Waals surface area contributed by atoms with E-state index in [1.54, 1.807) is 18.2 Å². The number of benzene rings is 1. The minimum atomic E-state index is 0.112. The van der Waals surface area contributed by atoms with Gasteiger partial charge in [-0.3, -0.25) is 0 Å². The quantitative estimate of drug-likeness (QED) is 0.831. The van der Waals surface area contributed by atoms with Crippen molar-refractivity contribution in [2.45, 2.75) is 0 Å². The smallest absolute Gasteiger partial charge is 0.224 e. The summed E-state index contributed by atoms with van der Waals surface area (Å²) in [6.07, 6.45) is 1.52. The summed E-state index contributed by atoms with van der Waals surface area (Å²) >= 11 is 14.9. The van der Waals surface area contributed by atoms with Crippen molar-refractivity contribution in [2.75, 3.05) is 5.32 Å². The second kappa shape index (κ2) is 5.53. The van der Waals surface area contributed by atoms with E-state index >= 15 is 0 Å². The van der Waals surface area contributed by atoms with E-state index in [2.05, 4.69) is 37.3 Å². The summed E-state index contributed by atoms with van der Waals surface area (Å²) in [6, 6.07) is 6.98. The summed E-state index contributed by atoms with van der Waals surface area (Å²) in [5.74, 6) is 0.466. The average molecular weight is 344 g/mol. The second-order valence-electron chi connectivity index (χ2n) is 3.26. The van der Waals surface area contributed by atoms with Crippen LogP contribution in [0.3, 0.4) is 0 Å². The van der Waals surface area contributed by atoms with Crippen molar-refractivity contribution in [1.29, 1.82) is 5.26 Å². The van der Waals surface area contributed by atoms with Crippen LogP contribution in [0.5, 0.6) is 0 Å². The first-order chi connectivity index (χ1) is 8.60. The molecule has 7 heteroatoms. The van der Waals surface area contributed by atoms with Crippen molar-refractivity contribution in [3.05, 3.63) is 44.7 Å². The van der Waals surface area contributed by atoms with Gasteiger partial charge in [-0.15, -0.1) is 0 Å². The number of anilines is 2. The lowest BCUT2D eigenvalue weighted by Crippen LogP contribution is -1.98. The van der Waals surface area contributed by atoms with E-state index in [1.165, 1.54) is 6.20 Å². The molecule has 90 valence electrons. The van der Waals surface area contributed by atoms with Gasteiger partial charge in [0.2, 0.25) is 5.28 Å². The average Bonchev–Trinajstić information content (AvgIpc) is 2.34. The van der Waals surface area contributed by atoms with Crippen LogP contribution in [0.15, 0.2) is 28.9 Å². The molecule has 0 unspecified atom stereocenters. The Morgan fingerprint density at radius 2 is 2.11 bits per heavy atom. The molecule has 0 atom stereocenters. The van der Waals surface area contributed by atoms with Crippen molar-refractivity contribution < 1.29 is 0 Å². The number of nitrogens with one attached hydrogen (secondary N) is 1. The molecule has 2 rings (SSSR count). The molecule has 0 aliphatic carbocycles. The third-order valence-electron chi connectivity index (χ3n) is 2.07. The molecule has 0 bridgehead atoms. The number of nitrogens with zero attached hydrogens (tertiary/aromatic N) is 3. The molecule has 18 heavy (non-hydrogen) atoms. The Balaban J connectivity index is 2.43. The molecular weight excluding hydrogens is 339 g/mol. The first kappa shape index (κ1) is 13.1. The van der Waals surface area contributed by atoms with Crippen LogP contribution in [0.2, 0.25) is 10.3 Å². The lowest BCUT2D eigenvalue weighted by atomic mass is 10.2. The van der Waals surface area contributed by atoms with Crippen LogP contribution >= 0.6 is 39.1 Å². The summed E-state index contributed by atoms with van der Waals surface area (Å²) in [5, 5.41) is 12.6. The number of hydrogen-bond donors (Lipinski definition) is 1. The highest BCUT2D eigenvalue weighted by Gasteiger charge is 2.08. The first-order valence-electron chi connectivity index (χ1n) is 4.75. The first-order valence-corrected chi connectivity index (χ1v) is 6.30. The SMILES string of the molecule is N#Cc1ccc(Cl)cc1Nc1nc(Cl)ncc1Br. The number of nitriles is 1. The maximum Gasteiger partial charge on any atom is 0.224 e. The minimum Gasteiger partial charge on any atom is -0.338 e. The van der Waals surface area contributed by atoms with Crippen LogP contribution < -0.4 is 5.32 Å². The predicted octanol–water partition coefficient (Wildman–Crippen LogP) is 4.16. The van der Waals surface area contributed by atoms with Crippen molar-refractivity contribution in [3.63, 3.8) is 0 Å². The van der Waals surface area contributed by atoms with E-state index in [0.717, 1.165) is 0 Å². The van der Waals surface area contributed by atoms with Crippen molar-refractivity contribution in [1.82, 2.24) is 9.97 Å². The normalized spacial score (nSPS) is 9.89. The number of hydrogen-bond acceptors (Lipinski definition) is 4. The largest absolute Gasteiger partial charge is 0.338 e. The van der Waals surface area contributed by atoms with E-state index < -0.39 is 0 Å². The Hall–Kier alpha value is -1.35. The molecule has 1 aromatic carbocycles. The van der Waals surface area contributed by atoms with E-state index in [9.17, 15) is 0 Å². The summed E-state index contributed by atoms with van der Waals surface area (Å²) in [5.41, 5.74) is 1.02. The summed E-state index contributed by atoms with van der Waals surface area (Å²) < 4.78 is 0.635. The Labute approximate surface area is 122 Å². The molecule has 1 heterocycles. The van der Waals surface area contributed by atoms with Crippen LogP contribution in [0, 0.1) is 11.3 Å². The van der Waals surface area contributed by atoms with E-state index in [0.29, 0.717) is 26.6 Å². The molecule has 1 aromatic heterocycles. The van der Waals surface area contributed by atoms with Gasteiger partial charge in [-0.25, -0.2) is 4.98 Å². The van der Waals surface area contributed by atoms with Crippen LogP contribution in [0.25, 0.3) is 0 Å². The maximum atomic E-state index is 9.01. The van der Waals surface area contributed by atoms with Crippen LogP contribution in [-0.2, 0) is 0 Å². The Kier molecular flexibility index (Phi) is 4.02. The fraction of sp³-hybridized carbons (Fsp3) is 0. The molecular formula is C11H5BrCl2N4. The molecule has 0 saturated heterocycles. The highest BCUT2D eigenvalue weighted by atomic mass is 79.9. The molecule has 0 aliphatic rings. The van der Waals surface area contributed by atoms with Gasteiger partial charge in [0.25, 0.3) is 0 Å². The zero-order valence-electron chi connectivity index (χ0n) is 8.78. The van der Waals surface area contributed by atoms with Gasteiger partial charge in [0.05, 0.1) is 15.7 Å². The van der Waals surface area contributed by atoms with Gasteiger partial charge < -0.3 is 5.32 Å². The van der Waals surface area contributed by atoms with Crippen LogP contribution in [0.4, 0.5) is 11.5 Å².